The fourth-order valence-corrected chi connectivity index (χ4v) is 3.25. The van der Waals surface area contributed by atoms with E-state index in [2.05, 4.69) is 22.6 Å². The second kappa shape index (κ2) is 5.92. The van der Waals surface area contributed by atoms with E-state index in [-0.39, 0.29) is 0 Å². The zero-order chi connectivity index (χ0) is 12.1. The van der Waals surface area contributed by atoms with Crippen molar-refractivity contribution >= 4 is 17.6 Å². The molecule has 0 bridgehead atoms. The maximum atomic E-state index is 8.86. The molecule has 2 rings (SSSR count). The lowest BCUT2D eigenvalue weighted by molar-refractivity contribution is 0.474. The van der Waals surface area contributed by atoms with Crippen LogP contribution in [-0.4, -0.2) is 22.5 Å². The van der Waals surface area contributed by atoms with Gasteiger partial charge in [0.15, 0.2) is 0 Å². The molecule has 0 amide bonds. The van der Waals surface area contributed by atoms with E-state index < -0.39 is 0 Å². The molecule has 1 aromatic rings. The van der Waals surface area contributed by atoms with Crippen LogP contribution in [0.5, 0.6) is 0 Å². The van der Waals surface area contributed by atoms with E-state index in [1.165, 1.54) is 25.7 Å². The molecule has 2 atom stereocenters. The molecule has 3 nitrogen and oxygen atoms in total. The molecule has 1 aromatic heterocycles. The Bertz CT molecular complexity index is 413. The maximum Gasteiger partial charge on any atom is 0.127 e. The van der Waals surface area contributed by atoms with E-state index in [4.69, 9.17) is 5.26 Å². The van der Waals surface area contributed by atoms with Gasteiger partial charge in [-0.2, -0.15) is 17.0 Å². The average molecular weight is 247 g/mol. The van der Waals surface area contributed by atoms with Crippen LogP contribution >= 0.6 is 11.8 Å². The summed E-state index contributed by atoms with van der Waals surface area (Å²) in [6.07, 6.45) is 8.95. The largest absolute Gasteiger partial charge is 0.366 e. The Morgan fingerprint density at radius 1 is 1.47 bits per heavy atom. The number of hydrogen-bond acceptors (Lipinski definition) is 4. The number of anilines is 1. The molecular formula is C13H17N3S. The molecule has 0 spiro atoms. The fourth-order valence-electron chi connectivity index (χ4n) is 2.31. The molecular weight excluding hydrogens is 230 g/mol. The van der Waals surface area contributed by atoms with Gasteiger partial charge in [0.25, 0.3) is 0 Å². The standard InChI is InChI=1S/C13H17N3S/c1-17-12-5-3-2-4-11(12)16-13-8-10(9-14)6-7-15-13/h6-8,11-12H,2-5H2,1H3,(H,15,16). The zero-order valence-corrected chi connectivity index (χ0v) is 10.8. The van der Waals surface area contributed by atoms with Crippen LogP contribution in [0.25, 0.3) is 0 Å². The van der Waals surface area contributed by atoms with E-state index in [1.54, 1.807) is 12.3 Å². The van der Waals surface area contributed by atoms with Crippen molar-refractivity contribution in [3.63, 3.8) is 0 Å². The Morgan fingerprint density at radius 2 is 2.29 bits per heavy atom. The van der Waals surface area contributed by atoms with E-state index in [0.717, 1.165) is 5.82 Å². The molecule has 0 saturated heterocycles. The third-order valence-electron chi connectivity index (χ3n) is 3.23. The van der Waals surface area contributed by atoms with Crippen LogP contribution in [0.1, 0.15) is 31.2 Å². The molecule has 1 saturated carbocycles. The Hall–Kier alpha value is -1.21. The Kier molecular flexibility index (Phi) is 4.27. The Balaban J connectivity index is 2.06. The Morgan fingerprint density at radius 3 is 3.06 bits per heavy atom. The molecule has 17 heavy (non-hydrogen) atoms. The van der Waals surface area contributed by atoms with Gasteiger partial charge in [-0.1, -0.05) is 12.8 Å². The number of aromatic nitrogens is 1. The second-order valence-electron chi connectivity index (χ2n) is 4.35. The Labute approximate surface area is 107 Å². The summed E-state index contributed by atoms with van der Waals surface area (Å²) in [7, 11) is 0. The zero-order valence-electron chi connectivity index (χ0n) is 10.0. The van der Waals surface area contributed by atoms with Crippen LogP contribution < -0.4 is 5.32 Å². The predicted octanol–water partition coefficient (Wildman–Crippen LogP) is 3.04. The van der Waals surface area contributed by atoms with Gasteiger partial charge in [-0.15, -0.1) is 0 Å². The first-order valence-electron chi connectivity index (χ1n) is 5.99. The van der Waals surface area contributed by atoms with Gasteiger partial charge in [0.05, 0.1) is 11.6 Å². The summed E-state index contributed by atoms with van der Waals surface area (Å²) in [6.45, 7) is 0. The summed E-state index contributed by atoms with van der Waals surface area (Å²) in [5, 5.41) is 13.0. The summed E-state index contributed by atoms with van der Waals surface area (Å²) in [4.78, 5) is 4.28. The highest BCUT2D eigenvalue weighted by molar-refractivity contribution is 7.99. The highest BCUT2D eigenvalue weighted by Crippen LogP contribution is 2.29. The number of pyridine rings is 1. The van der Waals surface area contributed by atoms with Crippen LogP contribution in [-0.2, 0) is 0 Å². The van der Waals surface area contributed by atoms with E-state index in [1.807, 2.05) is 17.8 Å². The normalized spacial score (nSPS) is 24.0. The molecule has 90 valence electrons. The van der Waals surface area contributed by atoms with E-state index in [9.17, 15) is 0 Å². The highest BCUT2D eigenvalue weighted by Gasteiger charge is 2.24. The van der Waals surface area contributed by atoms with E-state index in [0.29, 0.717) is 16.9 Å². The molecule has 4 heteroatoms. The number of hydrogen-bond donors (Lipinski definition) is 1. The topological polar surface area (TPSA) is 48.7 Å². The van der Waals surface area contributed by atoms with Crippen molar-refractivity contribution in [1.82, 2.24) is 4.98 Å². The van der Waals surface area contributed by atoms with Crippen molar-refractivity contribution in [3.8, 4) is 6.07 Å². The smallest absolute Gasteiger partial charge is 0.127 e. The number of thioether (sulfide) groups is 1. The van der Waals surface area contributed by atoms with Crippen molar-refractivity contribution in [2.24, 2.45) is 0 Å². The predicted molar refractivity (Wildman–Crippen MR) is 72.1 cm³/mol. The first-order chi connectivity index (χ1) is 8.33. The lowest BCUT2D eigenvalue weighted by Crippen LogP contribution is -2.34. The van der Waals surface area contributed by atoms with Gasteiger partial charge in [0.1, 0.15) is 5.82 Å². The van der Waals surface area contributed by atoms with Crippen LogP contribution in [0.4, 0.5) is 5.82 Å². The first-order valence-corrected chi connectivity index (χ1v) is 7.28. The third kappa shape index (κ3) is 3.13. The van der Waals surface area contributed by atoms with E-state index >= 15 is 0 Å². The molecule has 2 unspecified atom stereocenters. The summed E-state index contributed by atoms with van der Waals surface area (Å²) in [5.41, 5.74) is 0.666. The average Bonchev–Trinajstić information content (AvgIpc) is 2.39. The van der Waals surface area contributed by atoms with Gasteiger partial charge in [0.2, 0.25) is 0 Å². The number of nitrogens with one attached hydrogen (secondary N) is 1. The molecule has 1 heterocycles. The van der Waals surface area contributed by atoms with Crippen molar-refractivity contribution < 1.29 is 0 Å². The minimum atomic E-state index is 0.486. The number of rotatable bonds is 3. The lowest BCUT2D eigenvalue weighted by Gasteiger charge is -2.31. The van der Waals surface area contributed by atoms with Crippen LogP contribution in [0.15, 0.2) is 18.3 Å². The molecule has 1 N–H and O–H groups in total. The maximum absolute atomic E-state index is 8.86. The molecule has 1 aliphatic rings. The molecule has 1 aliphatic carbocycles. The minimum Gasteiger partial charge on any atom is -0.366 e. The fraction of sp³-hybridized carbons (Fsp3) is 0.538. The summed E-state index contributed by atoms with van der Waals surface area (Å²) in [6, 6.07) is 6.19. The lowest BCUT2D eigenvalue weighted by atomic mass is 9.95. The highest BCUT2D eigenvalue weighted by atomic mass is 32.2. The minimum absolute atomic E-state index is 0.486. The van der Waals surface area contributed by atoms with Crippen molar-refractivity contribution in [1.29, 1.82) is 5.26 Å². The van der Waals surface area contributed by atoms with Gasteiger partial charge >= 0.3 is 0 Å². The molecule has 0 aromatic carbocycles. The first kappa shape index (κ1) is 12.3. The summed E-state index contributed by atoms with van der Waals surface area (Å²) in [5.74, 6) is 0.829. The second-order valence-corrected chi connectivity index (χ2v) is 5.43. The van der Waals surface area contributed by atoms with Crippen LogP contribution in [0.2, 0.25) is 0 Å². The van der Waals surface area contributed by atoms with Crippen molar-refractivity contribution in [3.05, 3.63) is 23.9 Å². The SMILES string of the molecule is CSC1CCCCC1Nc1cc(C#N)ccn1. The quantitative estimate of drug-likeness (QED) is 0.892. The van der Waals surface area contributed by atoms with Gasteiger partial charge in [-0.25, -0.2) is 4.98 Å². The van der Waals surface area contributed by atoms with Gasteiger partial charge in [0, 0.05) is 17.5 Å². The van der Waals surface area contributed by atoms with Crippen molar-refractivity contribution in [2.45, 2.75) is 37.0 Å². The number of nitriles is 1. The summed E-state index contributed by atoms with van der Waals surface area (Å²) >= 11 is 1.93. The van der Waals surface area contributed by atoms with Crippen LogP contribution in [0, 0.1) is 11.3 Å². The number of nitrogens with zero attached hydrogens (tertiary/aromatic N) is 2. The molecule has 0 aliphatic heterocycles. The molecule has 0 radical (unpaired) electrons. The van der Waals surface area contributed by atoms with Crippen LogP contribution in [0.3, 0.4) is 0 Å². The monoisotopic (exact) mass is 247 g/mol. The van der Waals surface area contributed by atoms with Gasteiger partial charge in [-0.05, 0) is 31.2 Å². The molecule has 1 fully saturated rings. The van der Waals surface area contributed by atoms with Gasteiger partial charge in [-0.3, -0.25) is 0 Å². The summed E-state index contributed by atoms with van der Waals surface area (Å²) < 4.78 is 0. The van der Waals surface area contributed by atoms with Gasteiger partial charge < -0.3 is 5.32 Å². The van der Waals surface area contributed by atoms with Crippen molar-refractivity contribution in [2.75, 3.05) is 11.6 Å². The third-order valence-corrected chi connectivity index (χ3v) is 4.40.